The Balaban J connectivity index is 2.32. The van der Waals surface area contributed by atoms with Crippen LogP contribution in [0.25, 0.3) is 16.5 Å². The standard InChI is InChI=1S/C18H16N2O3/c1-2-23-17-9-13(19)7-8-15(17)20-10-12-5-3-4-6-14(12)18(20)16(22)11-21/h3-11H,2,19H2,1H3. The van der Waals surface area contributed by atoms with E-state index in [1.807, 2.05) is 37.4 Å². The first-order valence-corrected chi connectivity index (χ1v) is 7.28. The van der Waals surface area contributed by atoms with Crippen molar-refractivity contribution in [3.63, 3.8) is 0 Å². The number of ether oxygens (including phenoxy) is 1. The monoisotopic (exact) mass is 308 g/mol. The fraction of sp³-hybridized carbons (Fsp3) is 0.111. The molecule has 5 nitrogen and oxygen atoms in total. The zero-order chi connectivity index (χ0) is 16.4. The van der Waals surface area contributed by atoms with Gasteiger partial charge < -0.3 is 15.0 Å². The molecule has 0 radical (unpaired) electrons. The zero-order valence-electron chi connectivity index (χ0n) is 12.7. The molecular formula is C18H16N2O3. The Hall–Kier alpha value is -3.08. The van der Waals surface area contributed by atoms with E-state index in [4.69, 9.17) is 10.5 Å². The number of aldehydes is 1. The van der Waals surface area contributed by atoms with Crippen molar-refractivity contribution >= 4 is 28.5 Å². The third kappa shape index (κ3) is 2.57. The quantitative estimate of drug-likeness (QED) is 0.340. The first-order valence-electron chi connectivity index (χ1n) is 7.28. The van der Waals surface area contributed by atoms with E-state index >= 15 is 0 Å². The molecule has 0 aliphatic rings. The van der Waals surface area contributed by atoms with Crippen LogP contribution in [-0.4, -0.2) is 23.2 Å². The second kappa shape index (κ2) is 5.96. The minimum atomic E-state index is -0.578. The average molecular weight is 308 g/mol. The Morgan fingerprint density at radius 1 is 1.26 bits per heavy atom. The molecule has 1 aromatic heterocycles. The second-order valence-electron chi connectivity index (χ2n) is 5.08. The number of nitrogens with zero attached hydrogens (tertiary/aromatic N) is 1. The minimum absolute atomic E-state index is 0.321. The number of Topliss-reactive ketones (excluding diaryl/α,β-unsaturated/α-hetero) is 1. The van der Waals surface area contributed by atoms with Crippen LogP contribution in [0.15, 0.2) is 48.7 Å². The lowest BCUT2D eigenvalue weighted by atomic mass is 10.1. The van der Waals surface area contributed by atoms with Gasteiger partial charge in [0.05, 0.1) is 12.3 Å². The highest BCUT2D eigenvalue weighted by Gasteiger charge is 2.19. The molecule has 3 aromatic rings. The van der Waals surface area contributed by atoms with Gasteiger partial charge in [0, 0.05) is 28.7 Å². The van der Waals surface area contributed by atoms with Crippen LogP contribution in [0.5, 0.6) is 5.75 Å². The molecule has 0 aliphatic carbocycles. The molecule has 0 bridgehead atoms. The highest BCUT2D eigenvalue weighted by molar-refractivity contribution is 6.36. The summed E-state index contributed by atoms with van der Waals surface area (Å²) in [4.78, 5) is 23.2. The Kier molecular flexibility index (Phi) is 3.85. The van der Waals surface area contributed by atoms with Crippen molar-refractivity contribution < 1.29 is 14.3 Å². The highest BCUT2D eigenvalue weighted by Crippen LogP contribution is 2.31. The van der Waals surface area contributed by atoms with Crippen LogP contribution in [0.2, 0.25) is 0 Å². The summed E-state index contributed by atoms with van der Waals surface area (Å²) in [6.07, 6.45) is 2.15. The summed E-state index contributed by atoms with van der Waals surface area (Å²) in [7, 11) is 0. The molecule has 0 saturated carbocycles. The summed E-state index contributed by atoms with van der Waals surface area (Å²) in [5.74, 6) is -0.0155. The largest absolute Gasteiger partial charge is 0.492 e. The van der Waals surface area contributed by atoms with Crippen molar-refractivity contribution in [3.05, 3.63) is 54.4 Å². The molecule has 0 saturated heterocycles. The molecule has 0 unspecified atom stereocenters. The van der Waals surface area contributed by atoms with E-state index in [1.54, 1.807) is 22.8 Å². The molecule has 3 rings (SSSR count). The normalized spacial score (nSPS) is 10.7. The molecule has 23 heavy (non-hydrogen) atoms. The number of benzene rings is 2. The van der Waals surface area contributed by atoms with Gasteiger partial charge in [-0.25, -0.2) is 0 Å². The van der Waals surface area contributed by atoms with Gasteiger partial charge in [0.1, 0.15) is 11.4 Å². The second-order valence-corrected chi connectivity index (χ2v) is 5.08. The van der Waals surface area contributed by atoms with Crippen molar-refractivity contribution in [3.8, 4) is 11.4 Å². The molecule has 0 atom stereocenters. The molecule has 0 amide bonds. The number of aromatic nitrogens is 1. The highest BCUT2D eigenvalue weighted by atomic mass is 16.5. The molecule has 0 aliphatic heterocycles. The molecule has 0 fully saturated rings. The molecule has 116 valence electrons. The van der Waals surface area contributed by atoms with Crippen molar-refractivity contribution in [1.29, 1.82) is 0 Å². The number of fused-ring (bicyclic) bond motifs is 1. The van der Waals surface area contributed by atoms with E-state index in [0.29, 0.717) is 35.7 Å². The first kappa shape index (κ1) is 14.8. The van der Waals surface area contributed by atoms with Gasteiger partial charge in [-0.1, -0.05) is 24.3 Å². The Morgan fingerprint density at radius 2 is 2.04 bits per heavy atom. The smallest absolute Gasteiger partial charge is 0.242 e. The molecular weight excluding hydrogens is 292 g/mol. The fourth-order valence-corrected chi connectivity index (χ4v) is 2.66. The fourth-order valence-electron chi connectivity index (χ4n) is 2.66. The summed E-state index contributed by atoms with van der Waals surface area (Å²) in [6.45, 7) is 2.34. The number of carbonyl (C=O) groups excluding carboxylic acids is 2. The molecule has 1 heterocycles. The van der Waals surface area contributed by atoms with Crippen LogP contribution in [-0.2, 0) is 4.79 Å². The van der Waals surface area contributed by atoms with Crippen LogP contribution < -0.4 is 10.5 Å². The average Bonchev–Trinajstić information content (AvgIpc) is 2.94. The summed E-state index contributed by atoms with van der Waals surface area (Å²) in [5.41, 5.74) is 7.38. The van der Waals surface area contributed by atoms with Gasteiger partial charge in [-0.2, -0.15) is 0 Å². The first-order chi connectivity index (χ1) is 11.2. The van der Waals surface area contributed by atoms with Crippen molar-refractivity contribution in [2.24, 2.45) is 0 Å². The van der Waals surface area contributed by atoms with Crippen LogP contribution >= 0.6 is 0 Å². The maximum Gasteiger partial charge on any atom is 0.242 e. The van der Waals surface area contributed by atoms with Crippen LogP contribution in [0, 0.1) is 0 Å². The van der Waals surface area contributed by atoms with Gasteiger partial charge >= 0.3 is 0 Å². The Morgan fingerprint density at radius 3 is 2.78 bits per heavy atom. The van der Waals surface area contributed by atoms with Crippen LogP contribution in [0.4, 0.5) is 5.69 Å². The van der Waals surface area contributed by atoms with Crippen LogP contribution in [0.3, 0.4) is 0 Å². The Labute approximate surface area is 133 Å². The molecule has 0 spiro atoms. The number of carbonyl (C=O) groups is 2. The van der Waals surface area contributed by atoms with E-state index in [9.17, 15) is 9.59 Å². The zero-order valence-corrected chi connectivity index (χ0v) is 12.7. The van der Waals surface area contributed by atoms with Gasteiger partial charge in [0.25, 0.3) is 0 Å². The van der Waals surface area contributed by atoms with E-state index in [-0.39, 0.29) is 0 Å². The number of nitrogen functional groups attached to an aromatic ring is 1. The maximum atomic E-state index is 12.2. The van der Waals surface area contributed by atoms with Crippen LogP contribution in [0.1, 0.15) is 17.4 Å². The number of ketones is 1. The molecule has 5 heteroatoms. The summed E-state index contributed by atoms with van der Waals surface area (Å²) >= 11 is 0. The topological polar surface area (TPSA) is 74.3 Å². The van der Waals surface area contributed by atoms with E-state index in [1.165, 1.54) is 0 Å². The maximum absolute atomic E-state index is 12.2. The SMILES string of the molecule is CCOc1cc(N)ccc1-n1cc2ccccc2c1C(=O)C=O. The number of rotatable bonds is 5. The Bertz CT molecular complexity index is 896. The van der Waals surface area contributed by atoms with Gasteiger partial charge in [-0.05, 0) is 19.1 Å². The van der Waals surface area contributed by atoms with Crippen molar-refractivity contribution in [2.45, 2.75) is 6.92 Å². The molecule has 2 N–H and O–H groups in total. The number of nitrogens with two attached hydrogens (primary N) is 1. The van der Waals surface area contributed by atoms with E-state index in [2.05, 4.69) is 0 Å². The lowest BCUT2D eigenvalue weighted by Crippen LogP contribution is -2.10. The number of hydrogen-bond donors (Lipinski definition) is 1. The summed E-state index contributed by atoms with van der Waals surface area (Å²) in [5, 5.41) is 1.60. The van der Waals surface area contributed by atoms with Gasteiger partial charge in [0.2, 0.25) is 5.78 Å². The third-order valence-electron chi connectivity index (χ3n) is 3.61. The van der Waals surface area contributed by atoms with Crippen molar-refractivity contribution in [2.75, 3.05) is 12.3 Å². The molecule has 2 aromatic carbocycles. The summed E-state index contributed by atoms with van der Waals surface area (Å²) < 4.78 is 7.32. The minimum Gasteiger partial charge on any atom is -0.492 e. The third-order valence-corrected chi connectivity index (χ3v) is 3.61. The van der Waals surface area contributed by atoms with E-state index < -0.39 is 5.78 Å². The number of hydrogen-bond acceptors (Lipinski definition) is 4. The number of anilines is 1. The summed E-state index contributed by atoms with van der Waals surface area (Å²) in [6, 6.07) is 12.7. The van der Waals surface area contributed by atoms with Gasteiger partial charge in [0.15, 0.2) is 6.29 Å². The lowest BCUT2D eigenvalue weighted by Gasteiger charge is -2.13. The predicted molar refractivity (Wildman–Crippen MR) is 89.3 cm³/mol. The van der Waals surface area contributed by atoms with E-state index in [0.717, 1.165) is 10.8 Å². The lowest BCUT2D eigenvalue weighted by molar-refractivity contribution is -0.104. The van der Waals surface area contributed by atoms with Gasteiger partial charge in [-0.15, -0.1) is 0 Å². The van der Waals surface area contributed by atoms with Gasteiger partial charge in [-0.3, -0.25) is 9.59 Å². The van der Waals surface area contributed by atoms with Crippen molar-refractivity contribution in [1.82, 2.24) is 4.57 Å². The predicted octanol–water partition coefficient (Wildman–Crippen LogP) is 2.99.